The Kier molecular flexibility index (Phi) is 1.36. The number of nitrogens with two attached hydrogens (primary N) is 3. The molecule has 3 nitrogen and oxygen atoms in total. The van der Waals surface area contributed by atoms with E-state index in [4.69, 9.17) is 17.2 Å². The van der Waals surface area contributed by atoms with Crippen LogP contribution >= 0.6 is 0 Å². The van der Waals surface area contributed by atoms with E-state index in [1.54, 1.807) is 0 Å². The topological polar surface area (TPSA) is 78.1 Å². The Hall–Kier alpha value is 0.423. The van der Waals surface area contributed by atoms with Crippen LogP contribution in [0, 0.1) is 0 Å². The van der Waals surface area contributed by atoms with Gasteiger partial charge in [0, 0.05) is 0 Å². The molecule has 0 aromatic heterocycles. The molecule has 0 aliphatic rings. The van der Waals surface area contributed by atoms with Crippen molar-refractivity contribution in [3.63, 3.8) is 0 Å². The molecule has 32 valence electrons. The van der Waals surface area contributed by atoms with Crippen LogP contribution in [0.2, 0.25) is 0 Å². The molecule has 0 saturated carbocycles. The van der Waals surface area contributed by atoms with Crippen LogP contribution in [0.3, 0.4) is 0 Å². The molecular weight excluding hydrogens is 127 g/mol. The first-order chi connectivity index (χ1) is 2.00. The Morgan fingerprint density at radius 1 is 1.20 bits per heavy atom. The fourth-order valence-corrected chi connectivity index (χ4v) is 0. The van der Waals surface area contributed by atoms with Gasteiger partial charge in [0.15, 0.2) is 0 Å². The van der Waals surface area contributed by atoms with Crippen LogP contribution in [0.1, 0.15) is 0 Å². The van der Waals surface area contributed by atoms with Crippen LogP contribution in [-0.4, -0.2) is 21.1 Å². The average molecular weight is 136 g/mol. The molecule has 0 rings (SSSR count). The van der Waals surface area contributed by atoms with E-state index in [2.05, 4.69) is 0 Å². The molecule has 0 saturated heterocycles. The van der Waals surface area contributed by atoms with Gasteiger partial charge in [-0.05, 0) is 0 Å². The zero-order valence-corrected chi connectivity index (χ0v) is 7.43. The number of hydrogen-bond donors (Lipinski definition) is 3. The van der Waals surface area contributed by atoms with Gasteiger partial charge >= 0.3 is 38.3 Å². The molecule has 0 bridgehead atoms. The molecule has 0 aromatic carbocycles. The summed E-state index contributed by atoms with van der Waals surface area (Å²) in [6.07, 6.45) is 0. The van der Waals surface area contributed by atoms with E-state index in [1.807, 2.05) is 0 Å². The van der Waals surface area contributed by atoms with Crippen LogP contribution in [0.4, 0.5) is 0 Å². The third-order valence-corrected chi connectivity index (χ3v) is 0. The van der Waals surface area contributed by atoms with Gasteiger partial charge in [-0.3, -0.25) is 0 Å². The standard InChI is InChI=1S/CH9GeN3/c2-1(3,4)5/h3-5H2,2H3. The van der Waals surface area contributed by atoms with Gasteiger partial charge in [0.25, 0.3) is 0 Å². The van der Waals surface area contributed by atoms with E-state index in [0.29, 0.717) is 16.5 Å². The van der Waals surface area contributed by atoms with Crippen LogP contribution in [-0.2, 0) is 0 Å². The summed E-state index contributed by atoms with van der Waals surface area (Å²) in [7, 11) is 0. The van der Waals surface area contributed by atoms with E-state index in [9.17, 15) is 0 Å². The van der Waals surface area contributed by atoms with E-state index in [-0.39, 0.29) is 0 Å². The van der Waals surface area contributed by atoms with Crippen molar-refractivity contribution in [3.05, 3.63) is 0 Å². The monoisotopic (exact) mass is 137 g/mol. The summed E-state index contributed by atoms with van der Waals surface area (Å²) >= 11 is 0.333. The first kappa shape index (κ1) is 5.42. The SMILES string of the molecule is N[C](N)(N)[GeH3]. The molecule has 0 unspecified atom stereocenters. The Balaban J connectivity index is 3.02. The molecule has 4 heteroatoms. The molecule has 0 amide bonds. The van der Waals surface area contributed by atoms with Crippen molar-refractivity contribution in [1.82, 2.24) is 0 Å². The number of hydrogen-bond acceptors (Lipinski definition) is 3. The van der Waals surface area contributed by atoms with Gasteiger partial charge in [-0.1, -0.05) is 0 Å². The zero-order valence-electron chi connectivity index (χ0n) is 3.23. The van der Waals surface area contributed by atoms with Crippen LogP contribution in [0.15, 0.2) is 0 Å². The van der Waals surface area contributed by atoms with Crippen molar-refractivity contribution < 1.29 is 0 Å². The predicted octanol–water partition coefficient (Wildman–Crippen LogP) is -3.16. The number of rotatable bonds is 0. The molecule has 0 aromatic rings. The fraction of sp³-hybridized carbons (Fsp3) is 1.00. The first-order valence-corrected chi connectivity index (χ1v) is 3.46. The second-order valence-corrected chi connectivity index (χ2v) is 5.00. The van der Waals surface area contributed by atoms with Gasteiger partial charge in [0.2, 0.25) is 0 Å². The van der Waals surface area contributed by atoms with Gasteiger partial charge in [0.1, 0.15) is 0 Å². The Morgan fingerprint density at radius 2 is 1.20 bits per heavy atom. The third kappa shape index (κ3) is 145. The summed E-state index contributed by atoms with van der Waals surface area (Å²) in [6, 6.07) is 0. The Bertz CT molecular complexity index is 22.4. The van der Waals surface area contributed by atoms with Crippen molar-refractivity contribution in [3.8, 4) is 0 Å². The first-order valence-electron chi connectivity index (χ1n) is 1.37. The summed E-state index contributed by atoms with van der Waals surface area (Å²) in [5.74, 6) is 0. The normalized spacial score (nSPS) is 12.6. The molecular formula is CH9GeN3. The van der Waals surface area contributed by atoms with E-state index in [1.165, 1.54) is 0 Å². The summed E-state index contributed by atoms with van der Waals surface area (Å²) < 4.78 is -0.812. The van der Waals surface area contributed by atoms with Gasteiger partial charge in [-0.2, -0.15) is 0 Å². The Morgan fingerprint density at radius 3 is 1.20 bits per heavy atom. The fourth-order valence-electron chi connectivity index (χ4n) is 0. The van der Waals surface area contributed by atoms with Crippen molar-refractivity contribution in [2.24, 2.45) is 17.2 Å². The summed E-state index contributed by atoms with van der Waals surface area (Å²) in [5, 5.41) is 0. The maximum atomic E-state index is 4.99. The van der Waals surface area contributed by atoms with Gasteiger partial charge in [0.05, 0.1) is 0 Å². The molecule has 0 aliphatic carbocycles. The molecule has 0 heterocycles. The molecule has 0 aliphatic heterocycles. The zero-order chi connectivity index (χ0) is 4.50. The van der Waals surface area contributed by atoms with E-state index in [0.717, 1.165) is 0 Å². The van der Waals surface area contributed by atoms with E-state index >= 15 is 0 Å². The Labute approximate surface area is 39.1 Å². The molecule has 0 atom stereocenters. The van der Waals surface area contributed by atoms with Gasteiger partial charge in [-0.15, -0.1) is 0 Å². The molecule has 0 fully saturated rings. The maximum absolute atomic E-state index is 4.99. The quantitative estimate of drug-likeness (QED) is 0.243. The second-order valence-electron chi connectivity index (χ2n) is 1.37. The minimum absolute atomic E-state index is 0.333. The predicted molar refractivity (Wildman–Crippen MR) is 25.2 cm³/mol. The molecule has 0 radical (unpaired) electrons. The average Bonchev–Trinajstić information content (AvgIpc) is 0.722. The minimum atomic E-state index is -0.812. The second kappa shape index (κ2) is 1.26. The van der Waals surface area contributed by atoms with Crippen molar-refractivity contribution in [2.75, 3.05) is 0 Å². The summed E-state index contributed by atoms with van der Waals surface area (Å²) in [6.45, 7) is 0. The third-order valence-electron chi connectivity index (χ3n) is 0. The van der Waals surface area contributed by atoms with Crippen molar-refractivity contribution in [2.45, 2.75) is 4.62 Å². The van der Waals surface area contributed by atoms with Gasteiger partial charge < -0.3 is 0 Å². The van der Waals surface area contributed by atoms with Gasteiger partial charge in [-0.25, -0.2) is 0 Å². The molecule has 0 spiro atoms. The van der Waals surface area contributed by atoms with E-state index < -0.39 is 4.62 Å². The summed E-state index contributed by atoms with van der Waals surface area (Å²) in [5.41, 5.74) is 15.0. The van der Waals surface area contributed by atoms with Crippen molar-refractivity contribution >= 4 is 16.5 Å². The molecule has 6 N–H and O–H groups in total. The van der Waals surface area contributed by atoms with Crippen molar-refractivity contribution in [1.29, 1.82) is 0 Å². The molecule has 5 heavy (non-hydrogen) atoms. The van der Waals surface area contributed by atoms with Crippen LogP contribution in [0.5, 0.6) is 0 Å². The van der Waals surface area contributed by atoms with Crippen LogP contribution < -0.4 is 17.2 Å². The van der Waals surface area contributed by atoms with Crippen LogP contribution in [0.25, 0.3) is 0 Å². The summed E-state index contributed by atoms with van der Waals surface area (Å²) in [4.78, 5) is 0.